The van der Waals surface area contributed by atoms with Crippen LogP contribution in [-0.4, -0.2) is 5.11 Å². The van der Waals surface area contributed by atoms with E-state index in [0.29, 0.717) is 0 Å². The molecule has 1 nitrogen and oxygen atoms in total. The van der Waals surface area contributed by atoms with Gasteiger partial charge in [0.2, 0.25) is 0 Å². The number of rotatable bonds is 2. The maximum absolute atomic E-state index is 8.08. The summed E-state index contributed by atoms with van der Waals surface area (Å²) in [5.74, 6) is 0. The Labute approximate surface area is 44.0 Å². The first kappa shape index (κ1) is 6.28. The molecule has 0 atom stereocenters. The highest BCUT2D eigenvalue weighted by Crippen LogP contribution is 1.81. The maximum atomic E-state index is 8.08. The van der Waals surface area contributed by atoms with Gasteiger partial charge in [0.05, 0.1) is 6.26 Å². The third-order valence-electron chi connectivity index (χ3n) is 0.613. The predicted octanol–water partition coefficient (Wildman–Crippen LogP) is 2.02. The Morgan fingerprint density at radius 3 is 2.57 bits per heavy atom. The first-order valence-corrected chi connectivity index (χ1v) is 2.32. The van der Waals surface area contributed by atoms with Gasteiger partial charge < -0.3 is 5.11 Å². The number of aliphatic hydroxyl groups excluding tert-OH is 1. The van der Waals surface area contributed by atoms with Crippen molar-refractivity contribution >= 4 is 0 Å². The highest BCUT2D eigenvalue weighted by atomic mass is 16.2. The molecule has 0 unspecified atom stereocenters. The molecule has 40 valence electrons. The smallest absolute Gasteiger partial charge is 0.0754 e. The molecule has 0 bridgehead atoms. The van der Waals surface area contributed by atoms with Crippen LogP contribution in [0.3, 0.4) is 0 Å². The summed E-state index contributed by atoms with van der Waals surface area (Å²) in [5.41, 5.74) is 0. The van der Waals surface area contributed by atoms with Gasteiger partial charge in [-0.15, -0.1) is 0 Å². The van der Waals surface area contributed by atoms with Crippen LogP contribution in [0.15, 0.2) is 24.5 Å². The van der Waals surface area contributed by atoms with E-state index in [1.54, 1.807) is 6.08 Å². The molecule has 1 N–H and O–H groups in total. The summed E-state index contributed by atoms with van der Waals surface area (Å²) in [7, 11) is 0. The molecule has 0 radical (unpaired) electrons. The van der Waals surface area contributed by atoms with Gasteiger partial charge in [0.1, 0.15) is 0 Å². The fourth-order valence-corrected chi connectivity index (χ4v) is 0.276. The number of aliphatic hydroxyl groups is 1. The SMILES string of the molecule is CC=CCC=CO. The van der Waals surface area contributed by atoms with Crippen molar-refractivity contribution in [3.63, 3.8) is 0 Å². The zero-order valence-electron chi connectivity index (χ0n) is 4.46. The standard InChI is InChI=1S/C6H10O/c1-2-3-4-5-6-7/h2-3,5-7H,4H2,1H3. The Morgan fingerprint density at radius 2 is 2.14 bits per heavy atom. The van der Waals surface area contributed by atoms with Crippen LogP contribution in [0.2, 0.25) is 0 Å². The summed E-state index contributed by atoms with van der Waals surface area (Å²) < 4.78 is 0. The minimum Gasteiger partial charge on any atom is -0.516 e. The second-order valence-corrected chi connectivity index (χ2v) is 1.19. The number of allylic oxidation sites excluding steroid dienone is 3. The van der Waals surface area contributed by atoms with Crippen molar-refractivity contribution in [1.82, 2.24) is 0 Å². The molecule has 0 aliphatic carbocycles. The average Bonchev–Trinajstić information content (AvgIpc) is 1.69. The van der Waals surface area contributed by atoms with Gasteiger partial charge in [0.15, 0.2) is 0 Å². The summed E-state index contributed by atoms with van der Waals surface area (Å²) in [5, 5.41) is 8.08. The van der Waals surface area contributed by atoms with E-state index >= 15 is 0 Å². The van der Waals surface area contributed by atoms with E-state index in [2.05, 4.69) is 0 Å². The van der Waals surface area contributed by atoms with E-state index in [9.17, 15) is 0 Å². The van der Waals surface area contributed by atoms with Crippen LogP contribution in [0, 0.1) is 0 Å². The number of hydrogen-bond donors (Lipinski definition) is 1. The predicted molar refractivity (Wildman–Crippen MR) is 31.2 cm³/mol. The Balaban J connectivity index is 2.98. The van der Waals surface area contributed by atoms with Crippen molar-refractivity contribution in [2.45, 2.75) is 13.3 Å². The van der Waals surface area contributed by atoms with E-state index in [-0.39, 0.29) is 0 Å². The van der Waals surface area contributed by atoms with Crippen LogP contribution in [-0.2, 0) is 0 Å². The molecule has 0 saturated heterocycles. The fourth-order valence-electron chi connectivity index (χ4n) is 0.276. The van der Waals surface area contributed by atoms with Gasteiger partial charge in [-0.25, -0.2) is 0 Å². The van der Waals surface area contributed by atoms with Gasteiger partial charge in [-0.3, -0.25) is 0 Å². The van der Waals surface area contributed by atoms with Crippen molar-refractivity contribution in [1.29, 1.82) is 0 Å². The monoisotopic (exact) mass is 98.1 g/mol. The van der Waals surface area contributed by atoms with Crippen molar-refractivity contribution in [2.75, 3.05) is 0 Å². The molecule has 0 aliphatic rings. The molecule has 1 heteroatoms. The first-order chi connectivity index (χ1) is 3.41. The lowest BCUT2D eigenvalue weighted by Gasteiger charge is -1.73. The normalized spacial score (nSPS) is 11.6. The molecule has 0 aromatic rings. The molecule has 0 rings (SSSR count). The third-order valence-corrected chi connectivity index (χ3v) is 0.613. The minimum absolute atomic E-state index is 0.826. The topological polar surface area (TPSA) is 20.2 Å². The third kappa shape index (κ3) is 5.28. The van der Waals surface area contributed by atoms with Gasteiger partial charge in [-0.1, -0.05) is 12.2 Å². The van der Waals surface area contributed by atoms with Crippen LogP contribution in [0.1, 0.15) is 13.3 Å². The second-order valence-electron chi connectivity index (χ2n) is 1.19. The minimum atomic E-state index is 0.826. The van der Waals surface area contributed by atoms with Gasteiger partial charge in [0.25, 0.3) is 0 Å². The molecule has 0 amide bonds. The highest BCUT2D eigenvalue weighted by Gasteiger charge is 1.62. The quantitative estimate of drug-likeness (QED) is 0.414. The molecule has 0 aromatic heterocycles. The second kappa shape index (κ2) is 5.28. The molecule has 0 aliphatic heterocycles. The van der Waals surface area contributed by atoms with Crippen LogP contribution < -0.4 is 0 Å². The van der Waals surface area contributed by atoms with Crippen molar-refractivity contribution < 1.29 is 5.11 Å². The zero-order valence-corrected chi connectivity index (χ0v) is 4.46. The van der Waals surface area contributed by atoms with E-state index < -0.39 is 0 Å². The Morgan fingerprint density at radius 1 is 1.43 bits per heavy atom. The summed E-state index contributed by atoms with van der Waals surface area (Å²) in [6.07, 6.45) is 7.47. The molecule has 0 spiro atoms. The maximum Gasteiger partial charge on any atom is 0.0754 e. The van der Waals surface area contributed by atoms with Gasteiger partial charge >= 0.3 is 0 Å². The lowest BCUT2D eigenvalue weighted by atomic mass is 10.4. The summed E-state index contributed by atoms with van der Waals surface area (Å²) in [6.45, 7) is 1.95. The number of hydrogen-bond acceptors (Lipinski definition) is 1. The summed E-state index contributed by atoms with van der Waals surface area (Å²) in [4.78, 5) is 0. The summed E-state index contributed by atoms with van der Waals surface area (Å²) in [6, 6.07) is 0. The fraction of sp³-hybridized carbons (Fsp3) is 0.333. The molecule has 0 saturated carbocycles. The molecule has 0 heterocycles. The Hall–Kier alpha value is -0.720. The summed E-state index contributed by atoms with van der Waals surface area (Å²) >= 11 is 0. The van der Waals surface area contributed by atoms with Crippen molar-refractivity contribution in [3.8, 4) is 0 Å². The van der Waals surface area contributed by atoms with Crippen molar-refractivity contribution in [3.05, 3.63) is 24.5 Å². The Bertz CT molecular complexity index is 62.2. The average molecular weight is 98.1 g/mol. The highest BCUT2D eigenvalue weighted by molar-refractivity contribution is 4.86. The Kier molecular flexibility index (Phi) is 4.74. The molecule has 0 aromatic carbocycles. The van der Waals surface area contributed by atoms with E-state index in [1.807, 2.05) is 19.1 Å². The molecule has 0 fully saturated rings. The van der Waals surface area contributed by atoms with Crippen LogP contribution in [0.25, 0.3) is 0 Å². The first-order valence-electron chi connectivity index (χ1n) is 2.32. The molecular weight excluding hydrogens is 88.1 g/mol. The molecular formula is C6H10O. The lowest BCUT2D eigenvalue weighted by molar-refractivity contribution is 0.471. The van der Waals surface area contributed by atoms with E-state index in [1.165, 1.54) is 0 Å². The van der Waals surface area contributed by atoms with Crippen LogP contribution >= 0.6 is 0 Å². The van der Waals surface area contributed by atoms with Crippen LogP contribution in [0.4, 0.5) is 0 Å². The van der Waals surface area contributed by atoms with E-state index in [4.69, 9.17) is 5.11 Å². The zero-order chi connectivity index (χ0) is 5.54. The van der Waals surface area contributed by atoms with Crippen LogP contribution in [0.5, 0.6) is 0 Å². The van der Waals surface area contributed by atoms with Gasteiger partial charge in [0, 0.05) is 0 Å². The van der Waals surface area contributed by atoms with Gasteiger partial charge in [-0.2, -0.15) is 0 Å². The largest absolute Gasteiger partial charge is 0.516 e. The lowest BCUT2D eigenvalue weighted by Crippen LogP contribution is -1.54. The van der Waals surface area contributed by atoms with Gasteiger partial charge in [-0.05, 0) is 19.4 Å². The molecule has 7 heavy (non-hydrogen) atoms. The van der Waals surface area contributed by atoms with E-state index in [0.717, 1.165) is 12.7 Å². The van der Waals surface area contributed by atoms with Crippen molar-refractivity contribution in [2.24, 2.45) is 0 Å².